The highest BCUT2D eigenvalue weighted by Gasteiger charge is 2.61. The number of carbonyl (C=O) groups excluding carboxylic acids is 1. The third-order valence-electron chi connectivity index (χ3n) is 5.36. The van der Waals surface area contributed by atoms with Gasteiger partial charge in [0.15, 0.2) is 0 Å². The maximum absolute atomic E-state index is 12.8. The maximum atomic E-state index is 12.8. The highest BCUT2D eigenvalue weighted by Crippen LogP contribution is 2.60. The van der Waals surface area contributed by atoms with Crippen LogP contribution in [0.2, 0.25) is 0 Å². The molecule has 5 nitrogen and oxygen atoms in total. The summed E-state index contributed by atoms with van der Waals surface area (Å²) >= 11 is 0. The van der Waals surface area contributed by atoms with E-state index in [-0.39, 0.29) is 11.3 Å². The minimum absolute atomic E-state index is 0.0825. The average Bonchev–Trinajstić information content (AvgIpc) is 3.05. The number of ether oxygens (including phenoxy) is 1. The van der Waals surface area contributed by atoms with Gasteiger partial charge in [-0.05, 0) is 32.1 Å². The second-order valence-electron chi connectivity index (χ2n) is 8.01. The van der Waals surface area contributed by atoms with Crippen molar-refractivity contribution in [3.8, 4) is 0 Å². The molecule has 1 heterocycles. The fourth-order valence-electron chi connectivity index (χ4n) is 3.77. The molecular weight excluding hydrogens is 304 g/mol. The second kappa shape index (κ2) is 7.98. The molecule has 0 aromatic rings. The molecule has 0 radical (unpaired) electrons. The largest absolute Gasteiger partial charge is 0.389 e. The van der Waals surface area contributed by atoms with Gasteiger partial charge in [0.1, 0.15) is 0 Å². The number of aliphatic hydroxyl groups is 1. The molecule has 24 heavy (non-hydrogen) atoms. The number of rotatable bonds is 7. The molecule has 2 fully saturated rings. The topological polar surface area (TPSA) is 53.0 Å². The van der Waals surface area contributed by atoms with E-state index >= 15 is 0 Å². The first-order valence-corrected chi connectivity index (χ1v) is 9.19. The van der Waals surface area contributed by atoms with Crippen molar-refractivity contribution in [3.05, 3.63) is 11.6 Å². The fourth-order valence-corrected chi connectivity index (χ4v) is 3.77. The standard InChI is InChI=1S/C19H34N2O3/c1-6-24-13-15(22)12-20-7-9-21(10-8-20)18(23)17-16(11-14(2)3)19(17,4)5/h11,15-17,22H,6-10,12-13H2,1-5H3/t15-,16+,17+/m1/s1. The minimum Gasteiger partial charge on any atom is -0.389 e. The molecular formula is C19H34N2O3. The summed E-state index contributed by atoms with van der Waals surface area (Å²) in [5, 5.41) is 9.94. The summed E-state index contributed by atoms with van der Waals surface area (Å²) in [6.45, 7) is 15.3. The first-order chi connectivity index (χ1) is 11.3. The molecule has 3 atom stereocenters. The molecule has 2 rings (SSSR count). The van der Waals surface area contributed by atoms with E-state index in [9.17, 15) is 9.90 Å². The van der Waals surface area contributed by atoms with Gasteiger partial charge in [0.25, 0.3) is 0 Å². The second-order valence-corrected chi connectivity index (χ2v) is 8.01. The fraction of sp³-hybridized carbons (Fsp3) is 0.842. The van der Waals surface area contributed by atoms with Crippen LogP contribution in [0, 0.1) is 17.3 Å². The quantitative estimate of drug-likeness (QED) is 0.719. The number of β-amino-alcohol motifs (C(OH)–C–C–N with tert-alkyl or cyclic N) is 1. The monoisotopic (exact) mass is 338 g/mol. The van der Waals surface area contributed by atoms with Gasteiger partial charge in [-0.25, -0.2) is 0 Å². The summed E-state index contributed by atoms with van der Waals surface area (Å²) in [7, 11) is 0. The van der Waals surface area contributed by atoms with Crippen LogP contribution in [-0.2, 0) is 9.53 Å². The van der Waals surface area contributed by atoms with Gasteiger partial charge in [-0.2, -0.15) is 0 Å². The number of piperazine rings is 1. The van der Waals surface area contributed by atoms with Crippen molar-refractivity contribution >= 4 is 5.91 Å². The zero-order chi connectivity index (χ0) is 17.9. The number of allylic oxidation sites excluding steroid dienone is 2. The molecule has 2 aliphatic rings. The van der Waals surface area contributed by atoms with E-state index in [1.807, 2.05) is 11.8 Å². The predicted molar refractivity (Wildman–Crippen MR) is 95.7 cm³/mol. The molecule has 0 aromatic carbocycles. The van der Waals surface area contributed by atoms with E-state index in [1.165, 1.54) is 5.57 Å². The van der Waals surface area contributed by atoms with Crippen LogP contribution in [0.5, 0.6) is 0 Å². The lowest BCUT2D eigenvalue weighted by atomic mass is 10.1. The molecule has 1 amide bonds. The van der Waals surface area contributed by atoms with Gasteiger partial charge >= 0.3 is 0 Å². The van der Waals surface area contributed by atoms with Crippen molar-refractivity contribution < 1.29 is 14.6 Å². The Kier molecular flexibility index (Phi) is 6.46. The van der Waals surface area contributed by atoms with Crippen molar-refractivity contribution in [2.75, 3.05) is 45.9 Å². The predicted octanol–water partition coefficient (Wildman–Crippen LogP) is 1.77. The third kappa shape index (κ3) is 4.58. The summed E-state index contributed by atoms with van der Waals surface area (Å²) in [4.78, 5) is 17.1. The van der Waals surface area contributed by atoms with E-state index in [2.05, 4.69) is 38.7 Å². The molecule has 1 N–H and O–H groups in total. The van der Waals surface area contributed by atoms with Gasteiger partial charge in [0.05, 0.1) is 18.6 Å². The summed E-state index contributed by atoms with van der Waals surface area (Å²) in [5.41, 5.74) is 1.37. The van der Waals surface area contributed by atoms with Crippen molar-refractivity contribution in [1.82, 2.24) is 9.80 Å². The van der Waals surface area contributed by atoms with E-state index in [0.29, 0.717) is 31.6 Å². The Morgan fingerprint density at radius 2 is 1.92 bits per heavy atom. The van der Waals surface area contributed by atoms with Gasteiger partial charge < -0.3 is 14.7 Å². The minimum atomic E-state index is -0.448. The molecule has 0 bridgehead atoms. The summed E-state index contributed by atoms with van der Waals surface area (Å²) in [6, 6.07) is 0. The van der Waals surface area contributed by atoms with Crippen LogP contribution in [0.3, 0.4) is 0 Å². The Balaban J connectivity index is 1.80. The van der Waals surface area contributed by atoms with Gasteiger partial charge in [-0.3, -0.25) is 9.69 Å². The van der Waals surface area contributed by atoms with Crippen LogP contribution in [0.4, 0.5) is 0 Å². The lowest BCUT2D eigenvalue weighted by Crippen LogP contribution is -2.51. The van der Waals surface area contributed by atoms with Gasteiger partial charge in [0, 0.05) is 39.3 Å². The van der Waals surface area contributed by atoms with Crippen LogP contribution in [0.15, 0.2) is 11.6 Å². The zero-order valence-corrected chi connectivity index (χ0v) is 15.9. The molecule has 0 spiro atoms. The van der Waals surface area contributed by atoms with E-state index in [4.69, 9.17) is 4.74 Å². The van der Waals surface area contributed by atoms with Gasteiger partial charge in [-0.15, -0.1) is 0 Å². The highest BCUT2D eigenvalue weighted by molar-refractivity contribution is 5.84. The Morgan fingerprint density at radius 1 is 1.29 bits per heavy atom. The highest BCUT2D eigenvalue weighted by atomic mass is 16.5. The van der Waals surface area contributed by atoms with E-state index < -0.39 is 6.10 Å². The molecule has 1 aliphatic carbocycles. The van der Waals surface area contributed by atoms with Crippen LogP contribution >= 0.6 is 0 Å². The van der Waals surface area contributed by atoms with E-state index in [1.54, 1.807) is 0 Å². The molecule has 5 heteroatoms. The van der Waals surface area contributed by atoms with Crippen LogP contribution in [0.25, 0.3) is 0 Å². The van der Waals surface area contributed by atoms with Crippen molar-refractivity contribution in [2.24, 2.45) is 17.3 Å². The van der Waals surface area contributed by atoms with Crippen molar-refractivity contribution in [3.63, 3.8) is 0 Å². The molecule has 1 saturated carbocycles. The van der Waals surface area contributed by atoms with Gasteiger partial charge in [0.2, 0.25) is 5.91 Å². The summed E-state index contributed by atoms with van der Waals surface area (Å²) in [5.74, 6) is 0.806. The Morgan fingerprint density at radius 3 is 2.46 bits per heavy atom. The number of nitrogens with zero attached hydrogens (tertiary/aromatic N) is 2. The molecule has 138 valence electrons. The number of carbonyl (C=O) groups is 1. The maximum Gasteiger partial charge on any atom is 0.226 e. The Bertz CT molecular complexity index is 463. The van der Waals surface area contributed by atoms with Crippen LogP contribution in [0.1, 0.15) is 34.6 Å². The first-order valence-electron chi connectivity index (χ1n) is 9.19. The van der Waals surface area contributed by atoms with E-state index in [0.717, 1.165) is 26.2 Å². The lowest BCUT2D eigenvalue weighted by Gasteiger charge is -2.36. The first kappa shape index (κ1) is 19.4. The summed E-state index contributed by atoms with van der Waals surface area (Å²) < 4.78 is 5.26. The molecule has 1 aliphatic heterocycles. The molecule has 1 saturated heterocycles. The number of hydrogen-bond donors (Lipinski definition) is 1. The normalized spacial score (nSPS) is 27.7. The Labute approximate surface area is 146 Å². The van der Waals surface area contributed by atoms with Crippen LogP contribution < -0.4 is 0 Å². The zero-order valence-electron chi connectivity index (χ0n) is 15.9. The number of amides is 1. The van der Waals surface area contributed by atoms with Crippen LogP contribution in [-0.4, -0.2) is 72.9 Å². The number of aliphatic hydroxyl groups excluding tert-OH is 1. The third-order valence-corrected chi connectivity index (χ3v) is 5.36. The van der Waals surface area contributed by atoms with Gasteiger partial charge in [-0.1, -0.05) is 25.5 Å². The SMILES string of the molecule is CCOC[C@H](O)CN1CCN(C(=O)[C@@H]2[C@H](C=C(C)C)C2(C)C)CC1. The lowest BCUT2D eigenvalue weighted by molar-refractivity contribution is -0.135. The molecule has 0 aromatic heterocycles. The Hall–Kier alpha value is -0.910. The molecule has 0 unspecified atom stereocenters. The summed E-state index contributed by atoms with van der Waals surface area (Å²) in [6.07, 6.45) is 1.81. The average molecular weight is 338 g/mol. The van der Waals surface area contributed by atoms with Crippen molar-refractivity contribution in [2.45, 2.75) is 40.7 Å². The smallest absolute Gasteiger partial charge is 0.226 e. The number of hydrogen-bond acceptors (Lipinski definition) is 4. The van der Waals surface area contributed by atoms with Crippen molar-refractivity contribution in [1.29, 1.82) is 0 Å².